The van der Waals surface area contributed by atoms with Crippen molar-refractivity contribution in [1.29, 1.82) is 0 Å². The molecular formula is C16H21N3OS. The van der Waals surface area contributed by atoms with E-state index in [-0.39, 0.29) is 6.04 Å². The van der Waals surface area contributed by atoms with E-state index in [1.807, 2.05) is 0 Å². The van der Waals surface area contributed by atoms with Crippen LogP contribution in [0.5, 0.6) is 5.88 Å². The number of thioether (sulfide) groups is 1. The number of benzene rings is 1. The highest BCUT2D eigenvalue weighted by molar-refractivity contribution is 7.98. The highest BCUT2D eigenvalue weighted by Crippen LogP contribution is 2.32. The first-order valence-corrected chi connectivity index (χ1v) is 8.25. The number of nitrogens with zero attached hydrogens (tertiary/aromatic N) is 2. The van der Waals surface area contributed by atoms with Gasteiger partial charge in [0, 0.05) is 17.3 Å². The molecule has 1 unspecified atom stereocenters. The molecule has 0 fully saturated rings. The Bertz CT molecular complexity index is 529. The lowest BCUT2D eigenvalue weighted by atomic mass is 10.0. The Morgan fingerprint density at radius 2 is 2.00 bits per heavy atom. The van der Waals surface area contributed by atoms with Crippen LogP contribution in [0.15, 0.2) is 41.6 Å². The van der Waals surface area contributed by atoms with Gasteiger partial charge in [0.2, 0.25) is 5.88 Å². The predicted octanol–water partition coefficient (Wildman–Crippen LogP) is 3.30. The summed E-state index contributed by atoms with van der Waals surface area (Å²) in [5, 5.41) is 3.56. The van der Waals surface area contributed by atoms with Gasteiger partial charge in [-0.2, -0.15) is 0 Å². The van der Waals surface area contributed by atoms with Crippen LogP contribution in [-0.2, 0) is 0 Å². The molecule has 1 aromatic heterocycles. The lowest BCUT2D eigenvalue weighted by Gasteiger charge is -2.21. The van der Waals surface area contributed by atoms with Gasteiger partial charge >= 0.3 is 0 Å². The maximum Gasteiger partial charge on any atom is 0.237 e. The van der Waals surface area contributed by atoms with Crippen molar-refractivity contribution in [3.8, 4) is 5.88 Å². The van der Waals surface area contributed by atoms with E-state index in [4.69, 9.17) is 4.74 Å². The first-order chi connectivity index (χ1) is 10.3. The van der Waals surface area contributed by atoms with Gasteiger partial charge in [-0.1, -0.05) is 25.1 Å². The Morgan fingerprint density at radius 3 is 2.71 bits per heavy atom. The Labute approximate surface area is 130 Å². The summed E-state index contributed by atoms with van der Waals surface area (Å²) in [4.78, 5) is 10.0. The van der Waals surface area contributed by atoms with Crippen LogP contribution in [0.1, 0.15) is 30.6 Å². The number of hydrogen-bond donors (Lipinski definition) is 1. The van der Waals surface area contributed by atoms with Crippen molar-refractivity contribution in [3.05, 3.63) is 47.9 Å². The first kappa shape index (κ1) is 15.8. The maximum absolute atomic E-state index is 5.38. The van der Waals surface area contributed by atoms with Crippen molar-refractivity contribution in [2.75, 3.05) is 19.9 Å². The molecule has 0 radical (unpaired) electrons. The molecular weight excluding hydrogens is 282 g/mol. The van der Waals surface area contributed by atoms with Crippen LogP contribution in [0.2, 0.25) is 0 Å². The zero-order valence-corrected chi connectivity index (χ0v) is 13.5. The molecule has 4 nitrogen and oxygen atoms in total. The molecule has 5 heteroatoms. The Kier molecular flexibility index (Phi) is 6.02. The number of ether oxygens (including phenoxy) is 1. The fourth-order valence-electron chi connectivity index (χ4n) is 2.24. The van der Waals surface area contributed by atoms with E-state index in [2.05, 4.69) is 52.7 Å². The third-order valence-electron chi connectivity index (χ3n) is 3.21. The van der Waals surface area contributed by atoms with Crippen LogP contribution in [0.4, 0.5) is 0 Å². The number of aromatic nitrogens is 2. The van der Waals surface area contributed by atoms with Crippen LogP contribution in [0.25, 0.3) is 0 Å². The second-order valence-electron chi connectivity index (χ2n) is 4.58. The van der Waals surface area contributed by atoms with Crippen molar-refractivity contribution >= 4 is 11.8 Å². The molecule has 1 aromatic carbocycles. The van der Waals surface area contributed by atoms with Crippen molar-refractivity contribution < 1.29 is 4.74 Å². The van der Waals surface area contributed by atoms with E-state index in [1.54, 1.807) is 31.3 Å². The smallest absolute Gasteiger partial charge is 0.237 e. The summed E-state index contributed by atoms with van der Waals surface area (Å²) in [5.41, 5.74) is 2.03. The molecule has 0 aliphatic carbocycles. The van der Waals surface area contributed by atoms with Crippen molar-refractivity contribution in [3.63, 3.8) is 0 Å². The molecule has 2 rings (SSSR count). The largest absolute Gasteiger partial charge is 0.480 e. The quantitative estimate of drug-likeness (QED) is 0.795. The minimum atomic E-state index is -0.0164. The van der Waals surface area contributed by atoms with Gasteiger partial charge in [0.15, 0.2) is 0 Å². The van der Waals surface area contributed by atoms with Gasteiger partial charge in [0.25, 0.3) is 0 Å². The molecule has 1 atom stereocenters. The number of methoxy groups -OCH3 is 1. The SMILES string of the molecule is CCCNC(c1ccccc1SC)c1nccnc1OC. The van der Waals surface area contributed by atoms with Crippen LogP contribution in [0.3, 0.4) is 0 Å². The van der Waals surface area contributed by atoms with Crippen molar-refractivity contribution in [2.45, 2.75) is 24.3 Å². The lowest BCUT2D eigenvalue weighted by Crippen LogP contribution is -2.25. The molecule has 0 amide bonds. The van der Waals surface area contributed by atoms with E-state index in [0.717, 1.165) is 18.7 Å². The summed E-state index contributed by atoms with van der Waals surface area (Å²) in [6.07, 6.45) is 6.50. The van der Waals surface area contributed by atoms with Crippen molar-refractivity contribution in [2.24, 2.45) is 0 Å². The Balaban J connectivity index is 2.47. The zero-order valence-electron chi connectivity index (χ0n) is 12.7. The first-order valence-electron chi connectivity index (χ1n) is 7.03. The maximum atomic E-state index is 5.38. The average molecular weight is 303 g/mol. The Morgan fingerprint density at radius 1 is 1.24 bits per heavy atom. The summed E-state index contributed by atoms with van der Waals surface area (Å²) < 4.78 is 5.38. The summed E-state index contributed by atoms with van der Waals surface area (Å²) in [6, 6.07) is 8.35. The van der Waals surface area contributed by atoms with E-state index in [9.17, 15) is 0 Å². The van der Waals surface area contributed by atoms with E-state index in [1.165, 1.54) is 10.5 Å². The fourth-order valence-corrected chi connectivity index (χ4v) is 2.88. The molecule has 21 heavy (non-hydrogen) atoms. The van der Waals surface area contributed by atoms with Crippen LogP contribution < -0.4 is 10.1 Å². The van der Waals surface area contributed by atoms with Crippen LogP contribution >= 0.6 is 11.8 Å². The topological polar surface area (TPSA) is 47.0 Å². The molecule has 0 spiro atoms. The number of nitrogens with one attached hydrogen (secondary N) is 1. The van der Waals surface area contributed by atoms with Crippen LogP contribution in [-0.4, -0.2) is 29.9 Å². The monoisotopic (exact) mass is 303 g/mol. The minimum Gasteiger partial charge on any atom is -0.480 e. The van der Waals surface area contributed by atoms with Gasteiger partial charge in [-0.25, -0.2) is 4.98 Å². The standard InChI is InChI=1S/C16H21N3OS/c1-4-9-17-14(12-7-5-6-8-13(12)21-3)15-16(20-2)19-11-10-18-15/h5-8,10-11,14,17H,4,9H2,1-3H3. The molecule has 0 aliphatic rings. The van der Waals surface area contributed by atoms with Gasteiger partial charge in [-0.3, -0.25) is 4.98 Å². The van der Waals surface area contributed by atoms with Gasteiger partial charge in [0.1, 0.15) is 5.69 Å². The number of rotatable bonds is 7. The normalized spacial score (nSPS) is 12.1. The highest BCUT2D eigenvalue weighted by atomic mass is 32.2. The Hall–Kier alpha value is -1.59. The second-order valence-corrected chi connectivity index (χ2v) is 5.43. The molecule has 112 valence electrons. The molecule has 0 saturated carbocycles. The predicted molar refractivity (Wildman–Crippen MR) is 86.9 cm³/mol. The molecule has 1 N–H and O–H groups in total. The summed E-state index contributed by atoms with van der Waals surface area (Å²) in [6.45, 7) is 3.06. The van der Waals surface area contributed by atoms with Gasteiger partial charge < -0.3 is 10.1 Å². The average Bonchev–Trinajstić information content (AvgIpc) is 2.56. The van der Waals surface area contributed by atoms with Crippen molar-refractivity contribution in [1.82, 2.24) is 15.3 Å². The van der Waals surface area contributed by atoms with Gasteiger partial charge in [-0.05, 0) is 30.9 Å². The highest BCUT2D eigenvalue weighted by Gasteiger charge is 2.22. The fraction of sp³-hybridized carbons (Fsp3) is 0.375. The minimum absolute atomic E-state index is 0.0164. The van der Waals surface area contributed by atoms with E-state index < -0.39 is 0 Å². The van der Waals surface area contributed by atoms with Gasteiger partial charge in [-0.15, -0.1) is 11.8 Å². The second kappa shape index (κ2) is 8.00. The third kappa shape index (κ3) is 3.74. The molecule has 0 aliphatic heterocycles. The number of hydrogen-bond acceptors (Lipinski definition) is 5. The van der Waals surface area contributed by atoms with Crippen LogP contribution in [0, 0.1) is 0 Å². The molecule has 0 saturated heterocycles. The van der Waals surface area contributed by atoms with E-state index >= 15 is 0 Å². The summed E-state index contributed by atoms with van der Waals surface area (Å²) in [7, 11) is 1.63. The molecule has 0 bridgehead atoms. The summed E-state index contributed by atoms with van der Waals surface area (Å²) >= 11 is 1.74. The molecule has 1 heterocycles. The van der Waals surface area contributed by atoms with Gasteiger partial charge in [0.05, 0.1) is 13.2 Å². The lowest BCUT2D eigenvalue weighted by molar-refractivity contribution is 0.382. The summed E-state index contributed by atoms with van der Waals surface area (Å²) in [5.74, 6) is 0.571. The zero-order chi connectivity index (χ0) is 15.1. The third-order valence-corrected chi connectivity index (χ3v) is 4.02. The molecule has 2 aromatic rings. The van der Waals surface area contributed by atoms with E-state index in [0.29, 0.717) is 5.88 Å².